The Hall–Kier alpha value is -1.11. The van der Waals surface area contributed by atoms with Gasteiger partial charge in [-0.15, -0.1) is 0 Å². The van der Waals surface area contributed by atoms with Crippen molar-refractivity contribution in [3.8, 4) is 5.75 Å². The quantitative estimate of drug-likeness (QED) is 0.917. The van der Waals surface area contributed by atoms with Crippen LogP contribution in [0.1, 0.15) is 24.0 Å². The van der Waals surface area contributed by atoms with Crippen LogP contribution in [0.15, 0.2) is 18.2 Å². The van der Waals surface area contributed by atoms with Crippen LogP contribution in [0.25, 0.3) is 0 Å². The molecule has 0 radical (unpaired) electrons. The molecule has 0 bridgehead atoms. The molecule has 21 heavy (non-hydrogen) atoms. The van der Waals surface area contributed by atoms with Crippen molar-refractivity contribution in [1.82, 2.24) is 4.31 Å². The van der Waals surface area contributed by atoms with Gasteiger partial charge >= 0.3 is 0 Å². The van der Waals surface area contributed by atoms with E-state index in [0.717, 1.165) is 11.3 Å². The first-order valence-electron chi connectivity index (χ1n) is 7.14. The first kappa shape index (κ1) is 16.3. The lowest BCUT2D eigenvalue weighted by molar-refractivity contribution is 0.0350. The number of hydrogen-bond donors (Lipinski definition) is 1. The molecule has 2 atom stereocenters. The Balaban J connectivity index is 2.07. The van der Waals surface area contributed by atoms with E-state index >= 15 is 0 Å². The van der Waals surface area contributed by atoms with Gasteiger partial charge in [0.2, 0.25) is 10.0 Å². The van der Waals surface area contributed by atoms with Crippen LogP contribution >= 0.6 is 0 Å². The molecule has 1 aromatic carbocycles. The zero-order valence-electron chi connectivity index (χ0n) is 12.7. The monoisotopic (exact) mass is 313 g/mol. The van der Waals surface area contributed by atoms with E-state index in [-0.39, 0.29) is 6.10 Å². The molecule has 118 valence electrons. The number of aliphatic hydroxyl groups is 1. The van der Waals surface area contributed by atoms with Gasteiger partial charge in [0.1, 0.15) is 11.9 Å². The lowest BCUT2D eigenvalue weighted by Gasteiger charge is -2.22. The molecule has 0 unspecified atom stereocenters. The van der Waals surface area contributed by atoms with Crippen molar-refractivity contribution in [1.29, 1.82) is 0 Å². The Bertz CT molecular complexity index is 600. The van der Waals surface area contributed by atoms with Gasteiger partial charge in [-0.3, -0.25) is 0 Å². The highest BCUT2D eigenvalue weighted by Crippen LogP contribution is 2.22. The molecule has 1 aromatic rings. The van der Waals surface area contributed by atoms with Crippen LogP contribution < -0.4 is 4.74 Å². The van der Waals surface area contributed by atoms with Gasteiger partial charge in [-0.25, -0.2) is 12.7 Å². The predicted octanol–water partition coefficient (Wildman–Crippen LogP) is 1.47. The second kappa shape index (κ2) is 6.34. The number of ether oxygens (including phenoxy) is 1. The SMILES string of the molecule is Cc1ccc(O[C@@H]2CCN(S(C)(=O)=O)CC[C@H]2O)cc1C. The Kier molecular flexibility index (Phi) is 4.91. The molecular formula is C15H23NO4S. The molecule has 0 aromatic heterocycles. The molecule has 0 spiro atoms. The van der Waals surface area contributed by atoms with Crippen LogP contribution in [0, 0.1) is 13.8 Å². The van der Waals surface area contributed by atoms with Crippen molar-refractivity contribution < 1.29 is 18.3 Å². The topological polar surface area (TPSA) is 66.8 Å². The van der Waals surface area contributed by atoms with Crippen molar-refractivity contribution >= 4 is 10.0 Å². The van der Waals surface area contributed by atoms with Crippen LogP contribution in [0.5, 0.6) is 5.75 Å². The van der Waals surface area contributed by atoms with Gasteiger partial charge in [0.05, 0.1) is 12.4 Å². The second-order valence-corrected chi connectivity index (χ2v) is 7.69. The summed E-state index contributed by atoms with van der Waals surface area (Å²) in [7, 11) is -3.21. The van der Waals surface area contributed by atoms with Gasteiger partial charge in [0, 0.05) is 19.5 Å². The first-order valence-corrected chi connectivity index (χ1v) is 8.99. The zero-order chi connectivity index (χ0) is 15.6. The smallest absolute Gasteiger partial charge is 0.211 e. The van der Waals surface area contributed by atoms with Crippen LogP contribution in [0.4, 0.5) is 0 Å². The van der Waals surface area contributed by atoms with Gasteiger partial charge in [-0.1, -0.05) is 6.07 Å². The summed E-state index contributed by atoms with van der Waals surface area (Å²) in [6, 6.07) is 5.81. The van der Waals surface area contributed by atoms with Gasteiger partial charge in [-0.05, 0) is 43.5 Å². The standard InChI is InChI=1S/C15H23NO4S/c1-11-4-5-13(10-12(11)2)20-15-7-9-16(21(3,18)19)8-6-14(15)17/h4-5,10,14-15,17H,6-9H2,1-3H3/t14-,15-/m1/s1. The summed E-state index contributed by atoms with van der Waals surface area (Å²) in [4.78, 5) is 0. The number of rotatable bonds is 3. The van der Waals surface area contributed by atoms with Crippen molar-refractivity contribution in [2.45, 2.75) is 38.9 Å². The second-order valence-electron chi connectivity index (χ2n) is 5.71. The molecule has 1 aliphatic rings. The van der Waals surface area contributed by atoms with Crippen molar-refractivity contribution in [3.05, 3.63) is 29.3 Å². The van der Waals surface area contributed by atoms with Crippen LogP contribution in [0.3, 0.4) is 0 Å². The van der Waals surface area contributed by atoms with Crippen LogP contribution in [-0.2, 0) is 10.0 Å². The number of sulfonamides is 1. The molecule has 0 amide bonds. The molecule has 0 aliphatic carbocycles. The lowest BCUT2D eigenvalue weighted by Crippen LogP contribution is -2.32. The molecule has 6 heteroatoms. The molecule has 0 saturated carbocycles. The van der Waals surface area contributed by atoms with E-state index in [4.69, 9.17) is 4.74 Å². The molecule has 1 saturated heterocycles. The largest absolute Gasteiger partial charge is 0.488 e. The summed E-state index contributed by atoms with van der Waals surface area (Å²) < 4.78 is 30.5. The average Bonchev–Trinajstić information content (AvgIpc) is 2.57. The molecule has 5 nitrogen and oxygen atoms in total. The fourth-order valence-corrected chi connectivity index (χ4v) is 3.34. The third-order valence-corrected chi connectivity index (χ3v) is 5.30. The van der Waals surface area contributed by atoms with Crippen LogP contribution in [-0.4, -0.2) is 49.4 Å². The maximum absolute atomic E-state index is 11.6. The van der Waals surface area contributed by atoms with E-state index in [1.54, 1.807) is 0 Å². The van der Waals surface area contributed by atoms with Gasteiger partial charge in [-0.2, -0.15) is 0 Å². The van der Waals surface area contributed by atoms with E-state index < -0.39 is 16.1 Å². The fraction of sp³-hybridized carbons (Fsp3) is 0.600. The Morgan fingerprint density at radius 3 is 2.48 bits per heavy atom. The molecule has 1 fully saturated rings. The predicted molar refractivity (Wildman–Crippen MR) is 82.0 cm³/mol. The minimum Gasteiger partial charge on any atom is -0.488 e. The van der Waals surface area contributed by atoms with Gasteiger partial charge in [0.25, 0.3) is 0 Å². The Morgan fingerprint density at radius 2 is 1.86 bits per heavy atom. The highest BCUT2D eigenvalue weighted by Gasteiger charge is 2.29. The summed E-state index contributed by atoms with van der Waals surface area (Å²) in [5.41, 5.74) is 2.32. The summed E-state index contributed by atoms with van der Waals surface area (Å²) in [6.07, 6.45) is 1.05. The van der Waals surface area contributed by atoms with Crippen molar-refractivity contribution in [2.75, 3.05) is 19.3 Å². The third kappa shape index (κ3) is 4.18. The molecule has 2 rings (SSSR count). The molecular weight excluding hydrogens is 290 g/mol. The van der Waals surface area contributed by atoms with Gasteiger partial charge in [0.15, 0.2) is 0 Å². The summed E-state index contributed by atoms with van der Waals surface area (Å²) in [5, 5.41) is 10.2. The number of benzene rings is 1. The Labute approximate surface area is 126 Å². The minimum absolute atomic E-state index is 0.340. The Morgan fingerprint density at radius 1 is 1.19 bits per heavy atom. The summed E-state index contributed by atoms with van der Waals surface area (Å²) in [5.74, 6) is 0.718. The maximum atomic E-state index is 11.6. The molecule has 1 N–H and O–H groups in total. The average molecular weight is 313 g/mol. The maximum Gasteiger partial charge on any atom is 0.211 e. The first-order chi connectivity index (χ1) is 9.77. The number of nitrogens with zero attached hydrogens (tertiary/aromatic N) is 1. The number of aliphatic hydroxyl groups excluding tert-OH is 1. The lowest BCUT2D eigenvalue weighted by atomic mass is 10.1. The van der Waals surface area contributed by atoms with Crippen molar-refractivity contribution in [2.24, 2.45) is 0 Å². The third-order valence-electron chi connectivity index (χ3n) is 4.00. The van der Waals surface area contributed by atoms with Crippen LogP contribution in [0.2, 0.25) is 0 Å². The van der Waals surface area contributed by atoms with E-state index in [0.29, 0.717) is 25.9 Å². The van der Waals surface area contributed by atoms with Crippen molar-refractivity contribution in [3.63, 3.8) is 0 Å². The summed E-state index contributed by atoms with van der Waals surface area (Å²) >= 11 is 0. The summed E-state index contributed by atoms with van der Waals surface area (Å²) in [6.45, 7) is 4.76. The molecule has 1 aliphatic heterocycles. The van der Waals surface area contributed by atoms with E-state index in [1.165, 1.54) is 16.1 Å². The minimum atomic E-state index is -3.21. The van der Waals surface area contributed by atoms with Gasteiger partial charge < -0.3 is 9.84 Å². The number of aryl methyl sites for hydroxylation is 2. The molecule has 1 heterocycles. The number of hydrogen-bond acceptors (Lipinski definition) is 4. The fourth-order valence-electron chi connectivity index (χ4n) is 2.47. The highest BCUT2D eigenvalue weighted by atomic mass is 32.2. The van der Waals surface area contributed by atoms with E-state index in [1.807, 2.05) is 32.0 Å². The zero-order valence-corrected chi connectivity index (χ0v) is 13.6. The van der Waals surface area contributed by atoms with E-state index in [2.05, 4.69) is 0 Å². The highest BCUT2D eigenvalue weighted by molar-refractivity contribution is 7.88. The normalized spacial score (nSPS) is 24.6. The van der Waals surface area contributed by atoms with E-state index in [9.17, 15) is 13.5 Å².